The summed E-state index contributed by atoms with van der Waals surface area (Å²) in [4.78, 5) is 11.0. The molecule has 0 fully saturated rings. The van der Waals surface area contributed by atoms with Gasteiger partial charge in [-0.1, -0.05) is 12.6 Å². The third-order valence-electron chi connectivity index (χ3n) is 1.74. The van der Waals surface area contributed by atoms with Gasteiger partial charge in [0.25, 0.3) is 0 Å². The standard InChI is InChI=1S/C10H12O4S2/c1-8(2)10(11)14-5-7-16(12,13)9-4-3-6-15-9/h3-4,6H,1,5,7H2,2H3. The molecule has 1 aromatic rings. The van der Waals surface area contributed by atoms with E-state index < -0.39 is 15.8 Å². The number of hydrogen-bond acceptors (Lipinski definition) is 5. The van der Waals surface area contributed by atoms with Crippen LogP contribution in [-0.4, -0.2) is 26.7 Å². The number of carbonyl (C=O) groups excluding carboxylic acids is 1. The summed E-state index contributed by atoms with van der Waals surface area (Å²) < 4.78 is 28.3. The maximum Gasteiger partial charge on any atom is 0.333 e. The fraction of sp³-hybridized carbons (Fsp3) is 0.300. The molecule has 0 radical (unpaired) electrons. The quantitative estimate of drug-likeness (QED) is 0.596. The number of sulfone groups is 1. The van der Waals surface area contributed by atoms with Crippen molar-refractivity contribution >= 4 is 27.1 Å². The molecule has 1 aromatic heterocycles. The van der Waals surface area contributed by atoms with Crippen LogP contribution in [0.15, 0.2) is 33.9 Å². The molecule has 0 aliphatic rings. The lowest BCUT2D eigenvalue weighted by molar-refractivity contribution is -0.138. The van der Waals surface area contributed by atoms with Crippen LogP contribution < -0.4 is 0 Å². The number of esters is 1. The lowest BCUT2D eigenvalue weighted by atomic mass is 10.4. The van der Waals surface area contributed by atoms with Crippen LogP contribution in [0.2, 0.25) is 0 Å². The first-order chi connectivity index (χ1) is 7.43. The minimum Gasteiger partial charge on any atom is -0.461 e. The monoisotopic (exact) mass is 260 g/mol. The van der Waals surface area contributed by atoms with Gasteiger partial charge in [-0.2, -0.15) is 0 Å². The van der Waals surface area contributed by atoms with Crippen molar-refractivity contribution in [2.75, 3.05) is 12.4 Å². The van der Waals surface area contributed by atoms with Crippen molar-refractivity contribution in [3.63, 3.8) is 0 Å². The third kappa shape index (κ3) is 3.46. The summed E-state index contributed by atoms with van der Waals surface area (Å²) >= 11 is 1.15. The van der Waals surface area contributed by atoms with Crippen molar-refractivity contribution in [1.29, 1.82) is 0 Å². The van der Waals surface area contributed by atoms with Gasteiger partial charge in [-0.05, 0) is 18.4 Å². The molecule has 0 saturated heterocycles. The van der Waals surface area contributed by atoms with Gasteiger partial charge in [0, 0.05) is 5.57 Å². The Bertz CT molecular complexity index is 471. The van der Waals surface area contributed by atoms with E-state index in [-0.39, 0.29) is 17.9 Å². The molecular formula is C10H12O4S2. The Morgan fingerprint density at radius 3 is 2.75 bits per heavy atom. The average Bonchev–Trinajstić information content (AvgIpc) is 2.70. The molecule has 16 heavy (non-hydrogen) atoms. The van der Waals surface area contributed by atoms with Gasteiger partial charge in [0.15, 0.2) is 9.84 Å². The Morgan fingerprint density at radius 2 is 2.25 bits per heavy atom. The highest BCUT2D eigenvalue weighted by molar-refractivity contribution is 7.93. The first-order valence-electron chi connectivity index (χ1n) is 4.52. The number of thiophene rings is 1. The van der Waals surface area contributed by atoms with Gasteiger partial charge in [0.2, 0.25) is 0 Å². The molecule has 0 aromatic carbocycles. The molecule has 0 aliphatic heterocycles. The van der Waals surface area contributed by atoms with Gasteiger partial charge in [0.1, 0.15) is 10.8 Å². The second-order valence-electron chi connectivity index (χ2n) is 3.17. The fourth-order valence-corrected chi connectivity index (χ4v) is 3.15. The summed E-state index contributed by atoms with van der Waals surface area (Å²) in [7, 11) is -3.33. The van der Waals surface area contributed by atoms with Crippen LogP contribution >= 0.6 is 11.3 Å². The first-order valence-corrected chi connectivity index (χ1v) is 7.05. The van der Waals surface area contributed by atoms with Crippen molar-refractivity contribution in [1.82, 2.24) is 0 Å². The van der Waals surface area contributed by atoms with Crippen LogP contribution in [0.1, 0.15) is 6.92 Å². The highest BCUT2D eigenvalue weighted by Gasteiger charge is 2.16. The van der Waals surface area contributed by atoms with Gasteiger partial charge < -0.3 is 4.74 Å². The molecule has 1 heterocycles. The molecule has 0 aliphatic carbocycles. The SMILES string of the molecule is C=C(C)C(=O)OCCS(=O)(=O)c1cccs1. The minimum absolute atomic E-state index is 0.147. The van der Waals surface area contributed by atoms with Gasteiger partial charge >= 0.3 is 5.97 Å². The predicted molar refractivity (Wildman–Crippen MR) is 62.1 cm³/mol. The van der Waals surface area contributed by atoms with Gasteiger partial charge in [-0.15, -0.1) is 11.3 Å². The first kappa shape index (κ1) is 12.9. The zero-order chi connectivity index (χ0) is 12.2. The van der Waals surface area contributed by atoms with Crippen LogP contribution in [0.3, 0.4) is 0 Å². The van der Waals surface area contributed by atoms with Gasteiger partial charge in [0.05, 0.1) is 5.75 Å². The summed E-state index contributed by atoms with van der Waals surface area (Å²) in [6, 6.07) is 3.19. The summed E-state index contributed by atoms with van der Waals surface area (Å²) in [5, 5.41) is 1.69. The van der Waals surface area contributed by atoms with Crippen molar-refractivity contribution in [2.45, 2.75) is 11.1 Å². The fourth-order valence-electron chi connectivity index (χ4n) is 0.908. The molecule has 0 spiro atoms. The summed E-state index contributed by atoms with van der Waals surface area (Å²) in [5.41, 5.74) is 0.258. The number of rotatable bonds is 5. The highest BCUT2D eigenvalue weighted by atomic mass is 32.2. The summed E-state index contributed by atoms with van der Waals surface area (Å²) in [5.74, 6) is -0.770. The van der Waals surface area contributed by atoms with Crippen LogP contribution in [-0.2, 0) is 19.4 Å². The molecule has 4 nitrogen and oxygen atoms in total. The molecule has 0 amide bonds. The molecule has 6 heteroatoms. The lowest BCUT2D eigenvalue weighted by Gasteiger charge is -2.04. The predicted octanol–water partition coefficient (Wildman–Crippen LogP) is 1.64. The zero-order valence-electron chi connectivity index (χ0n) is 8.80. The maximum absolute atomic E-state index is 11.6. The smallest absolute Gasteiger partial charge is 0.333 e. The van der Waals surface area contributed by atoms with Crippen LogP contribution in [0, 0.1) is 0 Å². The average molecular weight is 260 g/mol. The van der Waals surface area contributed by atoms with E-state index in [4.69, 9.17) is 4.74 Å². The molecule has 88 valence electrons. The van der Waals surface area contributed by atoms with E-state index >= 15 is 0 Å². The highest BCUT2D eigenvalue weighted by Crippen LogP contribution is 2.17. The van der Waals surface area contributed by atoms with Crippen LogP contribution in [0.5, 0.6) is 0 Å². The molecular weight excluding hydrogens is 248 g/mol. The number of ether oxygens (including phenoxy) is 1. The molecule has 0 atom stereocenters. The topological polar surface area (TPSA) is 60.4 Å². The maximum atomic E-state index is 11.6. The van der Waals surface area contributed by atoms with E-state index in [1.807, 2.05) is 0 Å². The van der Waals surface area contributed by atoms with Crippen molar-refractivity contribution in [2.24, 2.45) is 0 Å². The van der Waals surface area contributed by atoms with E-state index in [9.17, 15) is 13.2 Å². The second-order valence-corrected chi connectivity index (χ2v) is 6.45. The van der Waals surface area contributed by atoms with Gasteiger partial charge in [-0.25, -0.2) is 13.2 Å². The minimum atomic E-state index is -3.33. The van der Waals surface area contributed by atoms with Crippen LogP contribution in [0.25, 0.3) is 0 Å². The summed E-state index contributed by atoms with van der Waals surface area (Å²) in [6.45, 7) is 4.76. The van der Waals surface area contributed by atoms with Crippen molar-refractivity contribution in [3.05, 3.63) is 29.7 Å². The van der Waals surface area contributed by atoms with Gasteiger partial charge in [-0.3, -0.25) is 0 Å². The zero-order valence-corrected chi connectivity index (χ0v) is 10.4. The Labute approximate surface area is 98.5 Å². The van der Waals surface area contributed by atoms with E-state index in [0.717, 1.165) is 11.3 Å². The molecule has 0 unspecified atom stereocenters. The van der Waals surface area contributed by atoms with E-state index in [0.29, 0.717) is 4.21 Å². The number of hydrogen-bond donors (Lipinski definition) is 0. The van der Waals surface area contributed by atoms with E-state index in [1.165, 1.54) is 13.0 Å². The largest absolute Gasteiger partial charge is 0.461 e. The Kier molecular flexibility index (Phi) is 4.26. The van der Waals surface area contributed by atoms with Crippen molar-refractivity contribution in [3.8, 4) is 0 Å². The molecule has 0 N–H and O–H groups in total. The van der Waals surface area contributed by atoms with Crippen LogP contribution in [0.4, 0.5) is 0 Å². The second kappa shape index (κ2) is 5.27. The van der Waals surface area contributed by atoms with E-state index in [1.54, 1.807) is 11.4 Å². The van der Waals surface area contributed by atoms with Crippen molar-refractivity contribution < 1.29 is 17.9 Å². The normalized spacial score (nSPS) is 11.1. The number of carbonyl (C=O) groups is 1. The molecule has 1 rings (SSSR count). The Balaban J connectivity index is 2.51. The van der Waals surface area contributed by atoms with E-state index in [2.05, 4.69) is 6.58 Å². The lowest BCUT2D eigenvalue weighted by Crippen LogP contribution is -2.15. The molecule has 0 bridgehead atoms. The Hall–Kier alpha value is -1.14. The summed E-state index contributed by atoms with van der Waals surface area (Å²) in [6.07, 6.45) is 0. The molecule has 0 saturated carbocycles. The Morgan fingerprint density at radius 1 is 1.56 bits per heavy atom. The third-order valence-corrected chi connectivity index (χ3v) is 4.90.